The van der Waals surface area contributed by atoms with Gasteiger partial charge in [0.2, 0.25) is 5.91 Å². The Morgan fingerprint density at radius 3 is 2.68 bits per heavy atom. The first-order valence-electron chi connectivity index (χ1n) is 6.54. The summed E-state index contributed by atoms with van der Waals surface area (Å²) in [6.07, 6.45) is 0.455. The van der Waals surface area contributed by atoms with Crippen LogP contribution in [0.15, 0.2) is 18.2 Å². The maximum absolute atomic E-state index is 13.6. The summed E-state index contributed by atoms with van der Waals surface area (Å²) in [5.74, 6) is -0.947. The average molecular weight is 268 g/mol. The molecule has 2 rings (SSSR count). The Morgan fingerprint density at radius 1 is 1.21 bits per heavy atom. The second-order valence-electron chi connectivity index (χ2n) is 4.74. The van der Waals surface area contributed by atoms with Crippen molar-refractivity contribution in [3.63, 3.8) is 0 Å². The molecule has 1 aromatic carbocycles. The first-order valence-corrected chi connectivity index (χ1v) is 6.54. The summed E-state index contributed by atoms with van der Waals surface area (Å²) >= 11 is 0. The fourth-order valence-electron chi connectivity index (χ4n) is 2.29. The highest BCUT2D eigenvalue weighted by Gasteiger charge is 2.20. The lowest BCUT2D eigenvalue weighted by molar-refractivity contribution is -0.130. The van der Waals surface area contributed by atoms with Crippen LogP contribution in [-0.2, 0) is 11.3 Å². The zero-order chi connectivity index (χ0) is 13.8. The number of amides is 1. The maximum Gasteiger partial charge on any atom is 0.223 e. The van der Waals surface area contributed by atoms with Crippen molar-refractivity contribution in [1.82, 2.24) is 9.80 Å². The van der Waals surface area contributed by atoms with Crippen LogP contribution in [0.1, 0.15) is 18.9 Å². The molecule has 0 aromatic heterocycles. The van der Waals surface area contributed by atoms with Crippen LogP contribution in [-0.4, -0.2) is 41.9 Å². The monoisotopic (exact) mass is 268 g/mol. The van der Waals surface area contributed by atoms with Crippen LogP contribution in [0.5, 0.6) is 0 Å². The van der Waals surface area contributed by atoms with E-state index in [2.05, 4.69) is 0 Å². The predicted molar refractivity (Wildman–Crippen MR) is 68.5 cm³/mol. The van der Waals surface area contributed by atoms with E-state index in [1.807, 2.05) is 11.8 Å². The van der Waals surface area contributed by atoms with Crippen LogP contribution in [0, 0.1) is 11.6 Å². The molecule has 1 saturated heterocycles. The quantitative estimate of drug-likeness (QED) is 0.837. The maximum atomic E-state index is 13.6. The Bertz CT molecular complexity index is 465. The number of benzene rings is 1. The van der Waals surface area contributed by atoms with Crippen LogP contribution < -0.4 is 0 Å². The van der Waals surface area contributed by atoms with Gasteiger partial charge in [-0.2, -0.15) is 0 Å². The van der Waals surface area contributed by atoms with Gasteiger partial charge < -0.3 is 4.90 Å². The number of carbonyl (C=O) groups is 1. The fraction of sp³-hybridized carbons (Fsp3) is 0.500. The molecule has 0 atom stereocenters. The molecule has 1 aliphatic heterocycles. The zero-order valence-corrected chi connectivity index (χ0v) is 11.0. The smallest absolute Gasteiger partial charge is 0.223 e. The van der Waals surface area contributed by atoms with E-state index in [1.165, 1.54) is 12.1 Å². The number of nitrogens with zero attached hydrogens (tertiary/aromatic N) is 2. The predicted octanol–water partition coefficient (Wildman–Crippen LogP) is 2.02. The Labute approximate surface area is 111 Å². The van der Waals surface area contributed by atoms with Crippen molar-refractivity contribution < 1.29 is 13.6 Å². The molecule has 1 amide bonds. The normalized spacial score (nSPS) is 17.6. The standard InChI is InChI=1S/C14H18F2N2O/c1-2-18-8-7-17(6-5-14(18)19)10-11-3-4-12(15)9-13(11)16/h3-4,9H,2,5-8,10H2,1H3. The number of carbonyl (C=O) groups excluding carboxylic acids is 1. The number of rotatable bonds is 3. The molecule has 0 radical (unpaired) electrons. The van der Waals surface area contributed by atoms with Crippen molar-refractivity contribution in [3.8, 4) is 0 Å². The number of hydrogen-bond donors (Lipinski definition) is 0. The molecule has 0 unspecified atom stereocenters. The largest absolute Gasteiger partial charge is 0.342 e. The third kappa shape index (κ3) is 3.50. The van der Waals surface area contributed by atoms with Crippen molar-refractivity contribution in [1.29, 1.82) is 0 Å². The molecule has 0 saturated carbocycles. The summed E-state index contributed by atoms with van der Waals surface area (Å²) in [6, 6.07) is 3.63. The molecule has 0 aliphatic carbocycles. The van der Waals surface area contributed by atoms with E-state index in [1.54, 1.807) is 4.90 Å². The van der Waals surface area contributed by atoms with Gasteiger partial charge >= 0.3 is 0 Å². The summed E-state index contributed by atoms with van der Waals surface area (Å²) in [6.45, 7) is 5.07. The number of halogens is 2. The Hall–Kier alpha value is -1.49. The molecule has 0 bridgehead atoms. The van der Waals surface area contributed by atoms with E-state index in [-0.39, 0.29) is 5.91 Å². The molecule has 1 aromatic rings. The van der Waals surface area contributed by atoms with E-state index < -0.39 is 11.6 Å². The topological polar surface area (TPSA) is 23.6 Å². The molecule has 0 spiro atoms. The van der Waals surface area contributed by atoms with E-state index in [0.717, 1.165) is 12.6 Å². The van der Waals surface area contributed by atoms with Gasteiger partial charge in [0.25, 0.3) is 0 Å². The van der Waals surface area contributed by atoms with Crippen LogP contribution in [0.4, 0.5) is 8.78 Å². The molecule has 3 nitrogen and oxygen atoms in total. The van der Waals surface area contributed by atoms with E-state index in [4.69, 9.17) is 0 Å². The van der Waals surface area contributed by atoms with Gasteiger partial charge in [0.1, 0.15) is 11.6 Å². The van der Waals surface area contributed by atoms with Crippen LogP contribution in [0.3, 0.4) is 0 Å². The molecular weight excluding hydrogens is 250 g/mol. The lowest BCUT2D eigenvalue weighted by Gasteiger charge is -2.21. The minimum atomic E-state index is -0.565. The van der Waals surface area contributed by atoms with Gasteiger partial charge in [-0.25, -0.2) is 8.78 Å². The molecule has 19 heavy (non-hydrogen) atoms. The summed E-state index contributed by atoms with van der Waals surface area (Å²) in [5, 5.41) is 0. The highest BCUT2D eigenvalue weighted by Crippen LogP contribution is 2.14. The van der Waals surface area contributed by atoms with Crippen LogP contribution in [0.25, 0.3) is 0 Å². The van der Waals surface area contributed by atoms with Gasteiger partial charge in [0.15, 0.2) is 0 Å². The number of hydrogen-bond acceptors (Lipinski definition) is 2. The van der Waals surface area contributed by atoms with Gasteiger partial charge in [0, 0.05) is 50.8 Å². The Balaban J connectivity index is 2.01. The second-order valence-corrected chi connectivity index (χ2v) is 4.74. The van der Waals surface area contributed by atoms with Crippen LogP contribution in [0.2, 0.25) is 0 Å². The highest BCUT2D eigenvalue weighted by molar-refractivity contribution is 5.76. The van der Waals surface area contributed by atoms with Crippen LogP contribution >= 0.6 is 0 Å². The summed E-state index contributed by atoms with van der Waals surface area (Å²) in [7, 11) is 0. The molecule has 104 valence electrons. The first-order chi connectivity index (χ1) is 9.10. The molecule has 1 heterocycles. The minimum Gasteiger partial charge on any atom is -0.342 e. The highest BCUT2D eigenvalue weighted by atomic mass is 19.1. The lowest BCUT2D eigenvalue weighted by Crippen LogP contribution is -2.32. The Morgan fingerprint density at radius 2 is 2.00 bits per heavy atom. The van der Waals surface area contributed by atoms with Gasteiger partial charge in [-0.3, -0.25) is 9.69 Å². The van der Waals surface area contributed by atoms with E-state index in [0.29, 0.717) is 38.2 Å². The fourth-order valence-corrected chi connectivity index (χ4v) is 2.29. The third-order valence-electron chi connectivity index (χ3n) is 3.47. The summed E-state index contributed by atoms with van der Waals surface area (Å²) in [4.78, 5) is 15.6. The molecule has 5 heteroatoms. The molecule has 1 aliphatic rings. The van der Waals surface area contributed by atoms with Gasteiger partial charge in [-0.15, -0.1) is 0 Å². The first kappa shape index (κ1) is 13.9. The second kappa shape index (κ2) is 6.10. The minimum absolute atomic E-state index is 0.143. The Kier molecular flexibility index (Phi) is 4.47. The molecular formula is C14H18F2N2O. The van der Waals surface area contributed by atoms with Crippen molar-refractivity contribution in [2.24, 2.45) is 0 Å². The molecule has 0 N–H and O–H groups in total. The van der Waals surface area contributed by atoms with Gasteiger partial charge in [-0.05, 0) is 13.0 Å². The van der Waals surface area contributed by atoms with Crippen molar-refractivity contribution in [2.75, 3.05) is 26.2 Å². The average Bonchev–Trinajstić information content (AvgIpc) is 2.55. The van der Waals surface area contributed by atoms with Crippen molar-refractivity contribution >= 4 is 5.91 Å². The third-order valence-corrected chi connectivity index (χ3v) is 3.47. The summed E-state index contributed by atoms with van der Waals surface area (Å²) < 4.78 is 26.4. The van der Waals surface area contributed by atoms with Crippen molar-refractivity contribution in [2.45, 2.75) is 19.9 Å². The number of likely N-dealkylation sites (N-methyl/N-ethyl adjacent to an activating group) is 1. The van der Waals surface area contributed by atoms with E-state index in [9.17, 15) is 13.6 Å². The van der Waals surface area contributed by atoms with E-state index >= 15 is 0 Å². The molecule has 1 fully saturated rings. The van der Waals surface area contributed by atoms with Gasteiger partial charge in [0.05, 0.1) is 0 Å². The summed E-state index contributed by atoms with van der Waals surface area (Å²) in [5.41, 5.74) is 0.471. The zero-order valence-electron chi connectivity index (χ0n) is 11.0. The lowest BCUT2D eigenvalue weighted by atomic mass is 10.2. The SMILES string of the molecule is CCN1CCN(Cc2ccc(F)cc2F)CCC1=O. The van der Waals surface area contributed by atoms with Crippen molar-refractivity contribution in [3.05, 3.63) is 35.4 Å². The van der Waals surface area contributed by atoms with Gasteiger partial charge in [-0.1, -0.05) is 6.07 Å².